The van der Waals surface area contributed by atoms with Crippen LogP contribution < -0.4 is 0 Å². The molecule has 0 nitrogen and oxygen atoms in total. The summed E-state index contributed by atoms with van der Waals surface area (Å²) in [5.74, 6) is 0. The Morgan fingerprint density at radius 1 is 0.643 bits per heavy atom. The molecule has 0 fully saturated rings. The van der Waals surface area contributed by atoms with Crippen molar-refractivity contribution in [3.8, 4) is 0 Å². The van der Waals surface area contributed by atoms with Crippen molar-refractivity contribution >= 4 is 0 Å². The summed E-state index contributed by atoms with van der Waals surface area (Å²) >= 11 is 0. The third-order valence-corrected chi connectivity index (χ3v) is 1.37. The van der Waals surface area contributed by atoms with E-state index in [9.17, 15) is 0 Å². The summed E-state index contributed by atoms with van der Waals surface area (Å²) in [6.07, 6.45) is 0. The second-order valence-corrected chi connectivity index (χ2v) is 2.67. The standard InChI is InChI=1S/C9H12.2C2H5.Zn/c1-7-4-8(2)6-9(3)5-7;2*1-2;/h4-6H,1-3H3;2*1H2,2H3;/q;2*-1;+2. The minimum absolute atomic E-state index is 0. The van der Waals surface area contributed by atoms with E-state index in [4.69, 9.17) is 0 Å². The van der Waals surface area contributed by atoms with Gasteiger partial charge in [-0.2, -0.15) is 13.8 Å². The molecule has 0 aliphatic heterocycles. The van der Waals surface area contributed by atoms with E-state index < -0.39 is 0 Å². The van der Waals surface area contributed by atoms with Crippen molar-refractivity contribution < 1.29 is 19.5 Å². The molecule has 0 amide bonds. The molecular weight excluding hydrogens is 222 g/mol. The van der Waals surface area contributed by atoms with Crippen molar-refractivity contribution in [2.45, 2.75) is 34.6 Å². The Bertz CT molecular complexity index is 166. The second kappa shape index (κ2) is 12.8. The quantitative estimate of drug-likeness (QED) is 0.471. The van der Waals surface area contributed by atoms with E-state index in [1.165, 1.54) is 16.7 Å². The summed E-state index contributed by atoms with van der Waals surface area (Å²) < 4.78 is 0. The number of benzene rings is 1. The van der Waals surface area contributed by atoms with Gasteiger partial charge in [-0.1, -0.05) is 34.9 Å². The molecule has 14 heavy (non-hydrogen) atoms. The SMILES string of the molecule is Cc1cc(C)cc(C)c1.[CH2-]C.[CH2-]C.[Zn+2]. The molecule has 76 valence electrons. The van der Waals surface area contributed by atoms with Gasteiger partial charge in [-0.15, -0.1) is 0 Å². The van der Waals surface area contributed by atoms with Crippen molar-refractivity contribution in [2.75, 3.05) is 0 Å². The van der Waals surface area contributed by atoms with Crippen LogP contribution in [0, 0.1) is 34.6 Å². The van der Waals surface area contributed by atoms with Crippen LogP contribution in [0.5, 0.6) is 0 Å². The molecule has 0 saturated carbocycles. The molecule has 1 aromatic carbocycles. The molecule has 0 aliphatic rings. The summed E-state index contributed by atoms with van der Waals surface area (Å²) in [6, 6.07) is 6.56. The normalized spacial score (nSPS) is 7.07. The topological polar surface area (TPSA) is 0 Å². The zero-order valence-electron chi connectivity index (χ0n) is 10.4. The van der Waals surface area contributed by atoms with Crippen LogP contribution >= 0.6 is 0 Å². The Balaban J connectivity index is -0.000000216. The Labute approximate surface area is 103 Å². The fourth-order valence-corrected chi connectivity index (χ4v) is 1.20. The first-order valence-electron chi connectivity index (χ1n) is 4.65. The van der Waals surface area contributed by atoms with Crippen LogP contribution in [0.3, 0.4) is 0 Å². The third-order valence-electron chi connectivity index (χ3n) is 1.37. The molecule has 0 unspecified atom stereocenters. The van der Waals surface area contributed by atoms with Crippen LogP contribution in [-0.4, -0.2) is 0 Å². The van der Waals surface area contributed by atoms with E-state index in [2.05, 4.69) is 52.8 Å². The summed E-state index contributed by atoms with van der Waals surface area (Å²) in [5, 5.41) is 0. The molecule has 1 rings (SSSR count). The monoisotopic (exact) mass is 242 g/mol. The van der Waals surface area contributed by atoms with Crippen molar-refractivity contribution in [1.82, 2.24) is 0 Å². The van der Waals surface area contributed by atoms with Gasteiger partial charge in [-0.3, -0.25) is 0 Å². The predicted molar refractivity (Wildman–Crippen MR) is 62.7 cm³/mol. The molecule has 0 heterocycles. The van der Waals surface area contributed by atoms with E-state index in [-0.39, 0.29) is 19.5 Å². The van der Waals surface area contributed by atoms with Gasteiger partial charge < -0.3 is 13.8 Å². The van der Waals surface area contributed by atoms with Gasteiger partial charge in [0.05, 0.1) is 0 Å². The average molecular weight is 244 g/mol. The van der Waals surface area contributed by atoms with Gasteiger partial charge in [0, 0.05) is 0 Å². The van der Waals surface area contributed by atoms with E-state index in [1.807, 2.05) is 0 Å². The molecule has 0 radical (unpaired) electrons. The van der Waals surface area contributed by atoms with Crippen molar-refractivity contribution in [2.24, 2.45) is 0 Å². The summed E-state index contributed by atoms with van der Waals surface area (Å²) in [6.45, 7) is 16.4. The Morgan fingerprint density at radius 3 is 0.929 bits per heavy atom. The zero-order chi connectivity index (χ0) is 10.9. The number of aryl methyl sites for hydroxylation is 3. The van der Waals surface area contributed by atoms with Gasteiger partial charge in [0.15, 0.2) is 0 Å². The van der Waals surface area contributed by atoms with Crippen LogP contribution in [0.2, 0.25) is 0 Å². The van der Waals surface area contributed by atoms with E-state index in [0.29, 0.717) is 0 Å². The molecule has 1 heteroatoms. The minimum atomic E-state index is 0. The first-order chi connectivity index (χ1) is 6.18. The molecule has 0 bridgehead atoms. The van der Waals surface area contributed by atoms with Gasteiger partial charge in [0.2, 0.25) is 0 Å². The second-order valence-electron chi connectivity index (χ2n) is 2.67. The Kier molecular flexibility index (Phi) is 17.8. The van der Waals surface area contributed by atoms with Gasteiger partial charge >= 0.3 is 19.5 Å². The Hall–Kier alpha value is -0.157. The molecule has 0 saturated heterocycles. The minimum Gasteiger partial charge on any atom is -0.346 e. The summed E-state index contributed by atoms with van der Waals surface area (Å²) in [7, 11) is 0. The van der Waals surface area contributed by atoms with Crippen LogP contribution in [-0.2, 0) is 19.5 Å². The fraction of sp³-hybridized carbons (Fsp3) is 0.385. The van der Waals surface area contributed by atoms with Gasteiger partial charge in [0.25, 0.3) is 0 Å². The predicted octanol–water partition coefficient (Wildman–Crippen LogP) is 4.29. The van der Waals surface area contributed by atoms with Crippen molar-refractivity contribution in [1.29, 1.82) is 0 Å². The largest absolute Gasteiger partial charge is 2.00 e. The molecule has 0 aliphatic carbocycles. The zero-order valence-corrected chi connectivity index (χ0v) is 13.3. The van der Waals surface area contributed by atoms with Crippen LogP contribution in [0.25, 0.3) is 0 Å². The van der Waals surface area contributed by atoms with Crippen LogP contribution in [0.1, 0.15) is 30.5 Å². The van der Waals surface area contributed by atoms with E-state index in [1.54, 1.807) is 13.8 Å². The third kappa shape index (κ3) is 9.93. The first-order valence-corrected chi connectivity index (χ1v) is 4.65. The van der Waals surface area contributed by atoms with E-state index >= 15 is 0 Å². The van der Waals surface area contributed by atoms with Crippen molar-refractivity contribution in [3.05, 3.63) is 48.7 Å². The van der Waals surface area contributed by atoms with Crippen molar-refractivity contribution in [3.63, 3.8) is 0 Å². The Morgan fingerprint density at radius 2 is 0.786 bits per heavy atom. The maximum absolute atomic E-state index is 3.25. The molecular formula is C13H22Zn. The van der Waals surface area contributed by atoms with E-state index in [0.717, 1.165) is 0 Å². The average Bonchev–Trinajstić information content (AvgIpc) is 2.09. The van der Waals surface area contributed by atoms with Gasteiger partial charge in [0.1, 0.15) is 0 Å². The fourth-order valence-electron chi connectivity index (χ4n) is 1.20. The number of hydrogen-bond donors (Lipinski definition) is 0. The molecule has 0 spiro atoms. The van der Waals surface area contributed by atoms with Crippen LogP contribution in [0.4, 0.5) is 0 Å². The maximum Gasteiger partial charge on any atom is 2.00 e. The van der Waals surface area contributed by atoms with Crippen LogP contribution in [0.15, 0.2) is 18.2 Å². The molecule has 0 N–H and O–H groups in total. The summed E-state index contributed by atoms with van der Waals surface area (Å²) in [4.78, 5) is 0. The molecule has 1 aromatic rings. The summed E-state index contributed by atoms with van der Waals surface area (Å²) in [5.41, 5.74) is 4.06. The number of rotatable bonds is 0. The molecule has 0 aromatic heterocycles. The first kappa shape index (κ1) is 19.4. The molecule has 0 atom stereocenters. The smallest absolute Gasteiger partial charge is 0.346 e. The van der Waals surface area contributed by atoms with Gasteiger partial charge in [-0.25, -0.2) is 0 Å². The van der Waals surface area contributed by atoms with Gasteiger partial charge in [-0.05, 0) is 20.8 Å². The maximum atomic E-state index is 3.25. The number of hydrogen-bond acceptors (Lipinski definition) is 0.